The molecule has 1 unspecified atom stereocenters. The third-order valence-electron chi connectivity index (χ3n) is 2.79. The van der Waals surface area contributed by atoms with E-state index in [9.17, 15) is 0 Å². The standard InChI is InChI=1S/C12H21N3S/c1-3-5-6-8-11(7-4-2)12(16)15-10-13-9-14-15/h9-11H,3-8H2,1-2H3. The number of rotatable bonds is 7. The minimum Gasteiger partial charge on any atom is -0.223 e. The quantitative estimate of drug-likeness (QED) is 0.539. The fourth-order valence-corrected chi connectivity index (χ4v) is 2.22. The lowest BCUT2D eigenvalue weighted by Gasteiger charge is -2.16. The van der Waals surface area contributed by atoms with E-state index in [2.05, 4.69) is 23.9 Å². The topological polar surface area (TPSA) is 30.7 Å². The van der Waals surface area contributed by atoms with Gasteiger partial charge in [0.2, 0.25) is 0 Å². The molecular weight excluding hydrogens is 218 g/mol. The van der Waals surface area contributed by atoms with Crippen LogP contribution in [-0.4, -0.2) is 19.8 Å². The smallest absolute Gasteiger partial charge is 0.138 e. The van der Waals surface area contributed by atoms with Gasteiger partial charge >= 0.3 is 0 Å². The molecule has 1 atom stereocenters. The molecule has 0 amide bonds. The summed E-state index contributed by atoms with van der Waals surface area (Å²) in [6.45, 7) is 4.43. The van der Waals surface area contributed by atoms with Gasteiger partial charge in [-0.1, -0.05) is 51.7 Å². The van der Waals surface area contributed by atoms with Crippen molar-refractivity contribution in [1.82, 2.24) is 14.8 Å². The van der Waals surface area contributed by atoms with Crippen molar-refractivity contribution < 1.29 is 0 Å². The minimum absolute atomic E-state index is 0.480. The average molecular weight is 239 g/mol. The van der Waals surface area contributed by atoms with Gasteiger partial charge in [-0.05, 0) is 12.8 Å². The second kappa shape index (κ2) is 7.49. The molecule has 1 heterocycles. The van der Waals surface area contributed by atoms with Gasteiger partial charge in [0.25, 0.3) is 0 Å². The molecule has 0 radical (unpaired) electrons. The summed E-state index contributed by atoms with van der Waals surface area (Å²) in [7, 11) is 0. The zero-order chi connectivity index (χ0) is 11.8. The molecule has 0 aliphatic rings. The van der Waals surface area contributed by atoms with E-state index in [-0.39, 0.29) is 0 Å². The van der Waals surface area contributed by atoms with Gasteiger partial charge in [-0.15, -0.1) is 0 Å². The molecule has 1 rings (SSSR count). The summed E-state index contributed by atoms with van der Waals surface area (Å²) < 4.78 is 1.74. The Balaban J connectivity index is 2.52. The van der Waals surface area contributed by atoms with Crippen LogP contribution < -0.4 is 0 Å². The molecular formula is C12H21N3S. The van der Waals surface area contributed by atoms with E-state index in [0.29, 0.717) is 5.92 Å². The van der Waals surface area contributed by atoms with Crippen LogP contribution >= 0.6 is 12.2 Å². The zero-order valence-electron chi connectivity index (χ0n) is 10.2. The van der Waals surface area contributed by atoms with Crippen LogP contribution in [0.5, 0.6) is 0 Å². The van der Waals surface area contributed by atoms with Gasteiger partial charge in [0.1, 0.15) is 17.6 Å². The van der Waals surface area contributed by atoms with Crippen molar-refractivity contribution in [2.45, 2.75) is 52.4 Å². The maximum Gasteiger partial charge on any atom is 0.138 e. The lowest BCUT2D eigenvalue weighted by atomic mass is 9.96. The molecule has 16 heavy (non-hydrogen) atoms. The molecule has 1 aromatic heterocycles. The van der Waals surface area contributed by atoms with Crippen LogP contribution in [0.15, 0.2) is 12.7 Å². The first kappa shape index (κ1) is 13.3. The second-order valence-corrected chi connectivity index (χ2v) is 4.58. The first-order valence-electron chi connectivity index (χ1n) is 6.18. The van der Waals surface area contributed by atoms with E-state index in [1.165, 1.54) is 32.1 Å². The number of aromatic nitrogens is 3. The van der Waals surface area contributed by atoms with E-state index < -0.39 is 0 Å². The van der Waals surface area contributed by atoms with Crippen molar-refractivity contribution in [2.75, 3.05) is 0 Å². The predicted molar refractivity (Wildman–Crippen MR) is 70.6 cm³/mol. The Labute approximate surface area is 103 Å². The van der Waals surface area contributed by atoms with Gasteiger partial charge in [0, 0.05) is 5.92 Å². The summed E-state index contributed by atoms with van der Waals surface area (Å²) in [5.41, 5.74) is 0. The van der Waals surface area contributed by atoms with Crippen LogP contribution in [0.25, 0.3) is 0 Å². The van der Waals surface area contributed by atoms with Crippen molar-refractivity contribution in [2.24, 2.45) is 5.92 Å². The third kappa shape index (κ3) is 4.00. The fraction of sp³-hybridized carbons (Fsp3) is 0.750. The maximum atomic E-state index is 5.47. The predicted octanol–water partition coefficient (Wildman–Crippen LogP) is 3.45. The normalized spacial score (nSPS) is 12.6. The van der Waals surface area contributed by atoms with Crippen molar-refractivity contribution >= 4 is 17.2 Å². The van der Waals surface area contributed by atoms with Crippen molar-refractivity contribution in [1.29, 1.82) is 0 Å². The highest BCUT2D eigenvalue weighted by Gasteiger charge is 2.15. The summed E-state index contributed by atoms with van der Waals surface area (Å²) in [5.74, 6) is 0.480. The maximum absolute atomic E-state index is 5.47. The van der Waals surface area contributed by atoms with Gasteiger partial charge in [0.05, 0.1) is 0 Å². The lowest BCUT2D eigenvalue weighted by molar-refractivity contribution is 0.519. The molecule has 0 saturated heterocycles. The number of hydrogen-bond donors (Lipinski definition) is 0. The molecule has 0 fully saturated rings. The summed E-state index contributed by atoms with van der Waals surface area (Å²) in [4.78, 5) is 4.87. The molecule has 0 N–H and O–H groups in total. The molecule has 1 aromatic rings. The van der Waals surface area contributed by atoms with Gasteiger partial charge in [0.15, 0.2) is 0 Å². The second-order valence-electron chi connectivity index (χ2n) is 4.16. The van der Waals surface area contributed by atoms with Crippen molar-refractivity contribution in [3.63, 3.8) is 0 Å². The number of nitrogens with zero attached hydrogens (tertiary/aromatic N) is 3. The van der Waals surface area contributed by atoms with Crippen molar-refractivity contribution in [3.05, 3.63) is 12.7 Å². The average Bonchev–Trinajstić information content (AvgIpc) is 2.81. The van der Waals surface area contributed by atoms with E-state index in [4.69, 9.17) is 12.2 Å². The van der Waals surface area contributed by atoms with Crippen molar-refractivity contribution in [3.8, 4) is 0 Å². The third-order valence-corrected chi connectivity index (χ3v) is 3.31. The van der Waals surface area contributed by atoms with E-state index in [0.717, 1.165) is 11.4 Å². The first-order valence-corrected chi connectivity index (χ1v) is 6.59. The molecule has 3 nitrogen and oxygen atoms in total. The highest BCUT2D eigenvalue weighted by molar-refractivity contribution is 7.80. The molecule has 0 aliphatic carbocycles. The Morgan fingerprint density at radius 1 is 1.25 bits per heavy atom. The molecule has 0 saturated carbocycles. The summed E-state index contributed by atoms with van der Waals surface area (Å²) >= 11 is 5.47. The Morgan fingerprint density at radius 2 is 2.06 bits per heavy atom. The summed E-state index contributed by atoms with van der Waals surface area (Å²) in [6, 6.07) is 0. The minimum atomic E-state index is 0.480. The van der Waals surface area contributed by atoms with Gasteiger partial charge in [-0.25, -0.2) is 9.67 Å². The molecule has 0 spiro atoms. The molecule has 0 aliphatic heterocycles. The van der Waals surface area contributed by atoms with Crippen LogP contribution in [0, 0.1) is 5.92 Å². The van der Waals surface area contributed by atoms with Crippen LogP contribution in [-0.2, 0) is 0 Å². The Bertz CT molecular complexity index is 295. The molecule has 90 valence electrons. The summed E-state index contributed by atoms with van der Waals surface area (Å²) in [5, 5.41) is 4.11. The van der Waals surface area contributed by atoms with E-state index in [1.807, 2.05) is 0 Å². The Kier molecular flexibility index (Phi) is 6.23. The van der Waals surface area contributed by atoms with Crippen LogP contribution in [0.4, 0.5) is 0 Å². The SMILES string of the molecule is CCCCCC(CCC)C(=S)n1cncn1. The zero-order valence-corrected chi connectivity index (χ0v) is 11.0. The van der Waals surface area contributed by atoms with Crippen LogP contribution in [0.2, 0.25) is 0 Å². The van der Waals surface area contributed by atoms with Crippen LogP contribution in [0.1, 0.15) is 52.4 Å². The van der Waals surface area contributed by atoms with Gasteiger partial charge < -0.3 is 0 Å². The number of thiocarbonyl (C=S) groups is 1. The Morgan fingerprint density at radius 3 is 2.62 bits per heavy atom. The van der Waals surface area contributed by atoms with E-state index in [1.54, 1.807) is 17.3 Å². The monoisotopic (exact) mass is 239 g/mol. The van der Waals surface area contributed by atoms with E-state index >= 15 is 0 Å². The first-order chi connectivity index (χ1) is 7.79. The van der Waals surface area contributed by atoms with Gasteiger partial charge in [-0.3, -0.25) is 0 Å². The highest BCUT2D eigenvalue weighted by atomic mass is 32.1. The lowest BCUT2D eigenvalue weighted by Crippen LogP contribution is -2.21. The largest absolute Gasteiger partial charge is 0.223 e. The summed E-state index contributed by atoms with van der Waals surface area (Å²) in [6.07, 6.45) is 10.6. The number of hydrogen-bond acceptors (Lipinski definition) is 3. The fourth-order valence-electron chi connectivity index (χ4n) is 1.89. The molecule has 0 aromatic carbocycles. The molecule has 0 bridgehead atoms. The highest BCUT2D eigenvalue weighted by Crippen LogP contribution is 2.18. The van der Waals surface area contributed by atoms with Gasteiger partial charge in [-0.2, -0.15) is 5.10 Å². The van der Waals surface area contributed by atoms with Crippen LogP contribution in [0.3, 0.4) is 0 Å². The molecule has 4 heteroatoms. The number of unbranched alkanes of at least 4 members (excludes halogenated alkanes) is 2. The Hall–Kier alpha value is -0.770.